The molecule has 0 saturated heterocycles. The number of carbonyl (C=O) groups is 1. The molecule has 0 aliphatic carbocycles. The Labute approximate surface area is 223 Å². The Kier molecular flexibility index (Phi) is 6.57. The van der Waals surface area contributed by atoms with Crippen molar-refractivity contribution in [3.63, 3.8) is 0 Å². The molecule has 3 aromatic carbocycles. The van der Waals surface area contributed by atoms with E-state index in [1.54, 1.807) is 48.5 Å². The van der Waals surface area contributed by atoms with Crippen LogP contribution >= 0.6 is 0 Å². The number of aromatic nitrogens is 3. The number of hydrogen-bond acceptors (Lipinski definition) is 6. The third-order valence-corrected chi connectivity index (χ3v) is 6.20. The Morgan fingerprint density at radius 1 is 1.10 bits per heavy atom. The summed E-state index contributed by atoms with van der Waals surface area (Å²) in [5, 5.41) is 7.87. The van der Waals surface area contributed by atoms with Crippen LogP contribution in [0, 0.1) is 18.6 Å². The van der Waals surface area contributed by atoms with Crippen LogP contribution in [0.25, 0.3) is 16.6 Å². The van der Waals surface area contributed by atoms with E-state index < -0.39 is 17.2 Å². The number of ether oxygens (including phenoxy) is 1. The normalized spacial score (nSPS) is 11.6. The number of fused-ring (bicyclic) bond motifs is 1. The molecule has 8 nitrogen and oxygen atoms in total. The van der Waals surface area contributed by atoms with Crippen molar-refractivity contribution in [3.05, 3.63) is 95.3 Å². The van der Waals surface area contributed by atoms with Gasteiger partial charge in [-0.25, -0.2) is 13.5 Å². The Bertz CT molecular complexity index is 1700. The number of carbonyl (C=O) groups excluding carboxylic acids is 1. The van der Waals surface area contributed by atoms with Crippen molar-refractivity contribution in [3.8, 4) is 17.2 Å². The van der Waals surface area contributed by atoms with E-state index in [1.807, 2.05) is 20.8 Å². The molecule has 0 atom stereocenters. The van der Waals surface area contributed by atoms with Crippen molar-refractivity contribution in [2.24, 2.45) is 5.73 Å². The van der Waals surface area contributed by atoms with E-state index in [-0.39, 0.29) is 34.3 Å². The van der Waals surface area contributed by atoms with Crippen molar-refractivity contribution >= 4 is 28.2 Å². The first-order valence-corrected chi connectivity index (χ1v) is 12.3. The number of benzene rings is 3. The molecule has 0 spiro atoms. The van der Waals surface area contributed by atoms with E-state index in [4.69, 9.17) is 16.2 Å². The first-order chi connectivity index (χ1) is 18.5. The molecule has 5 aromatic rings. The molecule has 10 heteroatoms. The zero-order chi connectivity index (χ0) is 27.9. The lowest BCUT2D eigenvalue weighted by atomic mass is 10.1. The van der Waals surface area contributed by atoms with Crippen molar-refractivity contribution in [1.29, 1.82) is 0 Å². The second-order valence-corrected chi connectivity index (χ2v) is 10.1. The third-order valence-electron chi connectivity index (χ3n) is 6.20. The van der Waals surface area contributed by atoms with Crippen LogP contribution in [0.2, 0.25) is 0 Å². The van der Waals surface area contributed by atoms with Gasteiger partial charge >= 0.3 is 0 Å². The van der Waals surface area contributed by atoms with E-state index in [0.29, 0.717) is 28.9 Å². The first-order valence-electron chi connectivity index (χ1n) is 12.3. The van der Waals surface area contributed by atoms with Crippen LogP contribution in [0.3, 0.4) is 0 Å². The minimum absolute atomic E-state index is 0.112. The highest BCUT2D eigenvalue weighted by atomic mass is 19.1. The van der Waals surface area contributed by atoms with E-state index in [2.05, 4.69) is 15.4 Å². The number of para-hydroxylation sites is 1. The molecule has 2 heterocycles. The molecule has 0 aliphatic rings. The van der Waals surface area contributed by atoms with Crippen molar-refractivity contribution in [1.82, 2.24) is 14.8 Å². The maximum atomic E-state index is 14.6. The zero-order valence-electron chi connectivity index (χ0n) is 21.7. The molecular weight excluding hydrogens is 502 g/mol. The summed E-state index contributed by atoms with van der Waals surface area (Å²) in [7, 11) is 0. The van der Waals surface area contributed by atoms with Crippen LogP contribution in [0.15, 0.2) is 66.9 Å². The molecule has 39 heavy (non-hydrogen) atoms. The number of aromatic amines is 1. The number of halogens is 2. The smallest absolute Gasteiger partial charge is 0.214 e. The number of nitrogens with zero attached hydrogens (tertiary/aromatic N) is 2. The van der Waals surface area contributed by atoms with Gasteiger partial charge in [-0.15, -0.1) is 0 Å². The average molecular weight is 531 g/mol. The Morgan fingerprint density at radius 2 is 1.87 bits per heavy atom. The molecule has 0 aliphatic heterocycles. The lowest BCUT2D eigenvalue weighted by molar-refractivity contribution is 0.103. The van der Waals surface area contributed by atoms with Crippen LogP contribution in [-0.2, 0) is 0 Å². The van der Waals surface area contributed by atoms with Gasteiger partial charge in [0.2, 0.25) is 5.78 Å². The number of rotatable bonds is 8. The summed E-state index contributed by atoms with van der Waals surface area (Å²) in [5.74, 6) is -0.605. The highest BCUT2D eigenvalue weighted by Gasteiger charge is 2.21. The predicted molar refractivity (Wildman–Crippen MR) is 148 cm³/mol. The number of aryl methyl sites for hydroxylation is 1. The minimum atomic E-state index is -0.526. The van der Waals surface area contributed by atoms with Gasteiger partial charge in [-0.05, 0) is 74.9 Å². The fourth-order valence-corrected chi connectivity index (χ4v) is 4.19. The molecule has 2 aromatic heterocycles. The van der Waals surface area contributed by atoms with Gasteiger partial charge in [0.25, 0.3) is 0 Å². The maximum absolute atomic E-state index is 14.6. The van der Waals surface area contributed by atoms with Gasteiger partial charge in [0, 0.05) is 23.0 Å². The molecule has 0 bridgehead atoms. The van der Waals surface area contributed by atoms with E-state index in [1.165, 1.54) is 23.0 Å². The van der Waals surface area contributed by atoms with Crippen LogP contribution in [0.1, 0.15) is 35.5 Å². The van der Waals surface area contributed by atoms with Crippen LogP contribution in [0.5, 0.6) is 11.5 Å². The highest BCUT2D eigenvalue weighted by Crippen LogP contribution is 2.30. The van der Waals surface area contributed by atoms with Crippen LogP contribution in [-0.4, -0.2) is 32.6 Å². The van der Waals surface area contributed by atoms with Gasteiger partial charge < -0.3 is 26.5 Å². The number of ketones is 1. The van der Waals surface area contributed by atoms with Gasteiger partial charge in [0.1, 0.15) is 17.4 Å². The van der Waals surface area contributed by atoms with Gasteiger partial charge in [-0.3, -0.25) is 4.79 Å². The summed E-state index contributed by atoms with van der Waals surface area (Å²) in [4.78, 5) is 16.4. The Balaban J connectivity index is 1.40. The summed E-state index contributed by atoms with van der Waals surface area (Å²) in [6, 6.07) is 15.8. The first kappa shape index (κ1) is 25.9. The topological polar surface area (TPSA) is 124 Å². The number of nitrogens with two attached hydrogens (primary N) is 2. The summed E-state index contributed by atoms with van der Waals surface area (Å²) < 4.78 is 35.7. The number of anilines is 2. The van der Waals surface area contributed by atoms with Gasteiger partial charge in [0.15, 0.2) is 11.6 Å². The summed E-state index contributed by atoms with van der Waals surface area (Å²) >= 11 is 0. The lowest BCUT2D eigenvalue weighted by Crippen LogP contribution is -2.39. The second-order valence-electron chi connectivity index (χ2n) is 10.1. The summed E-state index contributed by atoms with van der Waals surface area (Å²) in [5.41, 5.74) is 14.5. The predicted octanol–water partition coefficient (Wildman–Crippen LogP) is 5.69. The molecule has 0 fully saturated rings. The molecule has 200 valence electrons. The minimum Gasteiger partial charge on any atom is -0.454 e. The van der Waals surface area contributed by atoms with E-state index >= 15 is 0 Å². The molecule has 6 N–H and O–H groups in total. The molecule has 0 radical (unpaired) electrons. The third kappa shape index (κ3) is 5.32. The van der Waals surface area contributed by atoms with Crippen molar-refractivity contribution in [2.75, 3.05) is 17.6 Å². The zero-order valence-corrected chi connectivity index (χ0v) is 21.7. The molecule has 0 unspecified atom stereocenters. The number of hydrogen-bond donors (Lipinski definition) is 4. The summed E-state index contributed by atoms with van der Waals surface area (Å²) in [6.45, 7) is 5.87. The average Bonchev–Trinajstić information content (AvgIpc) is 3.46. The second kappa shape index (κ2) is 9.88. The number of nitrogens with one attached hydrogen (secondary N) is 2. The van der Waals surface area contributed by atoms with Gasteiger partial charge in [-0.1, -0.05) is 12.1 Å². The Morgan fingerprint density at radius 3 is 2.59 bits per heavy atom. The quantitative estimate of drug-likeness (QED) is 0.191. The van der Waals surface area contributed by atoms with Crippen LogP contribution < -0.4 is 21.5 Å². The van der Waals surface area contributed by atoms with E-state index in [0.717, 1.165) is 5.56 Å². The number of H-pyrrole nitrogens is 1. The largest absolute Gasteiger partial charge is 0.454 e. The monoisotopic (exact) mass is 530 g/mol. The lowest BCUT2D eigenvalue weighted by Gasteiger charge is -2.20. The van der Waals surface area contributed by atoms with Gasteiger partial charge in [-0.2, -0.15) is 5.10 Å². The van der Waals surface area contributed by atoms with E-state index in [9.17, 15) is 13.6 Å². The Hall–Kier alpha value is -4.70. The molecular formula is C29H28F2N6O2. The SMILES string of the molecule is Cc1cc(Oc2ccccc2F)ccc1-n1ncc(C(=O)c2cc3cc(F)c(NCC(C)(C)N)cc3[nH]2)c1N. The fraction of sp³-hybridized carbons (Fsp3) is 0.172. The fourth-order valence-electron chi connectivity index (χ4n) is 4.19. The molecule has 5 rings (SSSR count). The molecule has 0 saturated carbocycles. The van der Waals surface area contributed by atoms with Crippen molar-refractivity contribution in [2.45, 2.75) is 26.3 Å². The van der Waals surface area contributed by atoms with Crippen molar-refractivity contribution < 1.29 is 18.3 Å². The molecule has 0 amide bonds. The highest BCUT2D eigenvalue weighted by molar-refractivity contribution is 6.12. The van der Waals surface area contributed by atoms with Crippen LogP contribution in [0.4, 0.5) is 20.3 Å². The number of nitrogen functional groups attached to an aromatic ring is 1. The maximum Gasteiger partial charge on any atom is 0.214 e. The van der Waals surface area contributed by atoms with Gasteiger partial charge in [0.05, 0.1) is 28.8 Å². The summed E-state index contributed by atoms with van der Waals surface area (Å²) in [6.07, 6.45) is 1.39. The standard InChI is InChI=1S/C29H28F2N6O2/c1-16-10-18(39-26-7-5-4-6-20(26)30)8-9-25(16)37-28(32)19(14-35-37)27(38)24-12-17-11-21(31)23(13-22(17)36-24)34-15-29(2,3)33/h4-14,34,36H,15,32-33H2,1-3H3.